The lowest BCUT2D eigenvalue weighted by atomic mass is 10.3. The molecule has 0 aliphatic rings. The molecule has 0 saturated carbocycles. The summed E-state index contributed by atoms with van der Waals surface area (Å²) in [6.07, 6.45) is 3.03. The largest absolute Gasteiger partial charge is 0.465 e. The van der Waals surface area contributed by atoms with Crippen LogP contribution in [0.1, 0.15) is 5.56 Å². The van der Waals surface area contributed by atoms with Crippen molar-refractivity contribution >= 4 is 27.5 Å². The molecule has 0 radical (unpaired) electrons. The van der Waals surface area contributed by atoms with Gasteiger partial charge < -0.3 is 10.4 Å². The lowest BCUT2D eigenvalue weighted by Gasteiger charge is -2.09. The van der Waals surface area contributed by atoms with E-state index in [1.165, 1.54) is 36.0 Å². The number of nitrogens with one attached hydrogen (secondary N) is 1. The molecule has 0 fully saturated rings. The molecule has 3 aromatic heterocycles. The number of nitrogens with zero attached hydrogens (tertiary/aromatic N) is 2. The van der Waals surface area contributed by atoms with Crippen LogP contribution in [-0.4, -0.2) is 28.6 Å². The van der Waals surface area contributed by atoms with E-state index in [0.29, 0.717) is 11.3 Å². The number of amides is 1. The van der Waals surface area contributed by atoms with Gasteiger partial charge in [-0.3, -0.25) is 4.98 Å². The van der Waals surface area contributed by atoms with Crippen LogP contribution in [0.3, 0.4) is 0 Å². The van der Waals surface area contributed by atoms with Crippen LogP contribution in [0.4, 0.5) is 4.79 Å². The first-order chi connectivity index (χ1) is 11.5. The molecule has 3 heterocycles. The number of pyridine rings is 1. The van der Waals surface area contributed by atoms with E-state index < -0.39 is 16.1 Å². The molecule has 0 atom stereocenters. The highest BCUT2D eigenvalue weighted by atomic mass is 32.2. The molecule has 3 rings (SSSR count). The smallest absolute Gasteiger partial charge is 0.404 e. The molecule has 0 aromatic carbocycles. The fourth-order valence-electron chi connectivity index (χ4n) is 2.19. The molecular weight excluding hydrogens is 350 g/mol. The molecular formula is C15H13N3O4S2. The van der Waals surface area contributed by atoms with Crippen molar-refractivity contribution in [2.24, 2.45) is 0 Å². The van der Waals surface area contributed by atoms with Gasteiger partial charge in [0.2, 0.25) is 0 Å². The first kappa shape index (κ1) is 16.2. The van der Waals surface area contributed by atoms with Crippen molar-refractivity contribution in [3.63, 3.8) is 0 Å². The minimum atomic E-state index is -3.83. The zero-order valence-electron chi connectivity index (χ0n) is 12.3. The van der Waals surface area contributed by atoms with Crippen molar-refractivity contribution < 1.29 is 18.3 Å². The fourth-order valence-corrected chi connectivity index (χ4v) is 4.34. The highest BCUT2D eigenvalue weighted by Gasteiger charge is 2.22. The maximum Gasteiger partial charge on any atom is 0.404 e. The van der Waals surface area contributed by atoms with Crippen LogP contribution in [0.5, 0.6) is 0 Å². The van der Waals surface area contributed by atoms with Crippen LogP contribution >= 0.6 is 11.3 Å². The van der Waals surface area contributed by atoms with Crippen LogP contribution in [0.2, 0.25) is 0 Å². The predicted octanol–water partition coefficient (Wildman–Crippen LogP) is 2.62. The number of rotatable bonds is 5. The molecule has 7 nitrogen and oxygen atoms in total. The molecule has 124 valence electrons. The number of hydrogen-bond acceptors (Lipinski definition) is 5. The van der Waals surface area contributed by atoms with Gasteiger partial charge in [0.1, 0.15) is 4.90 Å². The van der Waals surface area contributed by atoms with Crippen molar-refractivity contribution in [3.8, 4) is 10.6 Å². The monoisotopic (exact) mass is 363 g/mol. The summed E-state index contributed by atoms with van der Waals surface area (Å²) >= 11 is 1.40. The lowest BCUT2D eigenvalue weighted by Crippen LogP contribution is -2.19. The topological polar surface area (TPSA) is 101 Å². The molecule has 0 aliphatic carbocycles. The second-order valence-corrected chi connectivity index (χ2v) is 7.62. The average Bonchev–Trinajstić information content (AvgIpc) is 3.23. The highest BCUT2D eigenvalue weighted by Crippen LogP contribution is 2.30. The maximum absolute atomic E-state index is 12.9. The van der Waals surface area contributed by atoms with Gasteiger partial charge in [0.25, 0.3) is 10.0 Å². The summed E-state index contributed by atoms with van der Waals surface area (Å²) in [7, 11) is -3.83. The summed E-state index contributed by atoms with van der Waals surface area (Å²) in [5.74, 6) is 0. The first-order valence-electron chi connectivity index (χ1n) is 6.86. The Morgan fingerprint density at radius 2 is 2.17 bits per heavy atom. The van der Waals surface area contributed by atoms with Gasteiger partial charge in [0.05, 0.1) is 10.6 Å². The van der Waals surface area contributed by atoms with E-state index in [9.17, 15) is 13.2 Å². The van der Waals surface area contributed by atoms with Gasteiger partial charge in [0, 0.05) is 25.1 Å². The molecule has 0 unspecified atom stereocenters. The fraction of sp³-hybridized carbons (Fsp3) is 0.0667. The number of hydrogen-bond donors (Lipinski definition) is 2. The van der Waals surface area contributed by atoms with Gasteiger partial charge in [-0.2, -0.15) is 0 Å². The van der Waals surface area contributed by atoms with E-state index in [0.717, 1.165) is 8.85 Å². The lowest BCUT2D eigenvalue weighted by molar-refractivity contribution is 0.194. The Morgan fingerprint density at radius 3 is 2.79 bits per heavy atom. The number of carboxylic acid groups (broad SMARTS) is 1. The second-order valence-electron chi connectivity index (χ2n) is 4.86. The number of carbonyl (C=O) groups is 1. The van der Waals surface area contributed by atoms with Crippen LogP contribution in [0.25, 0.3) is 10.6 Å². The van der Waals surface area contributed by atoms with Gasteiger partial charge in [-0.25, -0.2) is 17.2 Å². The summed E-state index contributed by atoms with van der Waals surface area (Å²) in [5.41, 5.74) is 1.03. The SMILES string of the molecule is O=C(O)NCc1cc(-c2cccs2)n(S(=O)(=O)c2cccnc2)c1. The van der Waals surface area contributed by atoms with Crippen LogP contribution in [-0.2, 0) is 16.6 Å². The van der Waals surface area contributed by atoms with Crippen molar-refractivity contribution in [2.75, 3.05) is 0 Å². The average molecular weight is 363 g/mol. The molecule has 24 heavy (non-hydrogen) atoms. The summed E-state index contributed by atoms with van der Waals surface area (Å²) < 4.78 is 26.9. The zero-order valence-corrected chi connectivity index (χ0v) is 13.9. The maximum atomic E-state index is 12.9. The predicted molar refractivity (Wildman–Crippen MR) is 89.4 cm³/mol. The Morgan fingerprint density at radius 1 is 1.33 bits per heavy atom. The highest BCUT2D eigenvalue weighted by molar-refractivity contribution is 7.90. The summed E-state index contributed by atoms with van der Waals surface area (Å²) in [5, 5.41) is 12.8. The van der Waals surface area contributed by atoms with Crippen LogP contribution in [0, 0.1) is 0 Å². The minimum Gasteiger partial charge on any atom is -0.465 e. The molecule has 0 bridgehead atoms. The molecule has 3 aromatic rings. The third kappa shape index (κ3) is 3.17. The quantitative estimate of drug-likeness (QED) is 0.725. The standard InChI is InChI=1S/C15H13N3O4S2/c19-15(20)17-8-11-7-13(14-4-2-6-23-14)18(10-11)24(21,22)12-3-1-5-16-9-12/h1-7,9-10,17H,8H2,(H,19,20). The molecule has 0 aliphatic heterocycles. The van der Waals surface area contributed by atoms with Crippen LogP contribution in [0.15, 0.2) is 59.2 Å². The Bertz CT molecular complexity index is 948. The number of thiophene rings is 1. The molecule has 2 N–H and O–H groups in total. The number of aromatic nitrogens is 2. The Hall–Kier alpha value is -2.65. The molecule has 0 saturated heterocycles. The van der Waals surface area contributed by atoms with Crippen molar-refractivity contribution in [2.45, 2.75) is 11.4 Å². The minimum absolute atomic E-state index is 0.0171. The third-order valence-electron chi connectivity index (χ3n) is 3.25. The van der Waals surface area contributed by atoms with Crippen molar-refractivity contribution in [3.05, 3.63) is 59.9 Å². The molecule has 9 heteroatoms. The molecule has 0 spiro atoms. The summed E-state index contributed by atoms with van der Waals surface area (Å²) in [4.78, 5) is 15.4. The van der Waals surface area contributed by atoms with Gasteiger partial charge in [-0.15, -0.1) is 11.3 Å². The van der Waals surface area contributed by atoms with E-state index in [2.05, 4.69) is 10.3 Å². The van der Waals surface area contributed by atoms with E-state index in [1.54, 1.807) is 12.1 Å². The van der Waals surface area contributed by atoms with Crippen molar-refractivity contribution in [1.82, 2.24) is 14.3 Å². The van der Waals surface area contributed by atoms with Gasteiger partial charge in [0.15, 0.2) is 0 Å². The van der Waals surface area contributed by atoms with E-state index in [1.807, 2.05) is 17.5 Å². The third-order valence-corrected chi connectivity index (χ3v) is 5.80. The van der Waals surface area contributed by atoms with Gasteiger partial charge >= 0.3 is 6.09 Å². The summed E-state index contributed by atoms with van der Waals surface area (Å²) in [6, 6.07) is 8.31. The van der Waals surface area contributed by atoms with E-state index in [-0.39, 0.29) is 11.4 Å². The Labute approximate surface area is 142 Å². The van der Waals surface area contributed by atoms with E-state index >= 15 is 0 Å². The normalized spacial score (nSPS) is 11.3. The first-order valence-corrected chi connectivity index (χ1v) is 9.18. The van der Waals surface area contributed by atoms with Crippen LogP contribution < -0.4 is 5.32 Å². The zero-order chi connectivity index (χ0) is 17.2. The Balaban J connectivity index is 2.10. The van der Waals surface area contributed by atoms with Crippen molar-refractivity contribution in [1.29, 1.82) is 0 Å². The second kappa shape index (κ2) is 6.46. The summed E-state index contributed by atoms with van der Waals surface area (Å²) in [6.45, 7) is 0.0171. The molecule has 1 amide bonds. The Kier molecular flexibility index (Phi) is 4.36. The van der Waals surface area contributed by atoms with Gasteiger partial charge in [-0.05, 0) is 35.2 Å². The van der Waals surface area contributed by atoms with Gasteiger partial charge in [-0.1, -0.05) is 6.07 Å². The van der Waals surface area contributed by atoms with E-state index in [4.69, 9.17) is 5.11 Å².